The molecule has 46 valence electrons. The molecule has 0 aliphatic heterocycles. The third-order valence-corrected chi connectivity index (χ3v) is 1.52. The zero-order chi connectivity index (χ0) is 6.85. The molecule has 0 radical (unpaired) electrons. The van der Waals surface area contributed by atoms with Crippen LogP contribution in [-0.4, -0.2) is 17.8 Å². The van der Waals surface area contributed by atoms with Gasteiger partial charge in [-0.25, -0.2) is 9.97 Å². The normalized spacial score (nSPS) is 9.56. The lowest BCUT2D eigenvalue weighted by molar-refractivity contribution is 1.03. The van der Waals surface area contributed by atoms with Gasteiger partial charge in [-0.15, -0.1) is 12.6 Å². The van der Waals surface area contributed by atoms with E-state index in [4.69, 9.17) is 0 Å². The lowest BCUT2D eigenvalue weighted by Gasteiger charge is -1.93. The van der Waals surface area contributed by atoms with Gasteiger partial charge >= 0.3 is 0 Å². The van der Waals surface area contributed by atoms with Crippen LogP contribution in [0.15, 0.2) is 11.1 Å². The summed E-state index contributed by atoms with van der Waals surface area (Å²) in [6.07, 6.45) is 0. The van der Waals surface area contributed by atoms with E-state index in [2.05, 4.69) is 45.2 Å². The average Bonchev–Trinajstić information content (AvgIpc) is 1.59. The summed E-state index contributed by atoms with van der Waals surface area (Å²) in [4.78, 5) is 8.04. The highest BCUT2D eigenvalue weighted by Gasteiger charge is 1.92. The van der Waals surface area contributed by atoms with Gasteiger partial charge in [-0.1, -0.05) is 0 Å². The van der Waals surface area contributed by atoms with Crippen LogP contribution < -0.4 is 5.59 Å². The molecule has 1 aromatic rings. The average molecular weight is 250 g/mol. The fourth-order valence-electron chi connectivity index (χ4n) is 0.516. The van der Waals surface area contributed by atoms with Crippen molar-refractivity contribution in [1.29, 1.82) is 0 Å². The molecule has 0 bridgehead atoms. The summed E-state index contributed by atoms with van der Waals surface area (Å²) in [5.74, 6) is 0. The Morgan fingerprint density at radius 3 is 2.67 bits per heavy atom. The van der Waals surface area contributed by atoms with Crippen LogP contribution >= 0.6 is 35.2 Å². The van der Waals surface area contributed by atoms with Crippen molar-refractivity contribution in [2.75, 3.05) is 0 Å². The van der Waals surface area contributed by atoms with Gasteiger partial charge in [0.15, 0.2) is 11.7 Å². The van der Waals surface area contributed by atoms with E-state index >= 15 is 0 Å². The van der Waals surface area contributed by atoms with E-state index in [-0.39, 0.29) is 0 Å². The molecule has 1 heterocycles. The Morgan fingerprint density at radius 1 is 1.56 bits per heavy atom. The third kappa shape index (κ3) is 2.13. The minimum atomic E-state index is 0.729. The molecule has 0 fully saturated rings. The number of halogens is 1. The first kappa shape index (κ1) is 7.33. The maximum Gasteiger partial charge on any atom is 0.191 e. The van der Waals surface area contributed by atoms with E-state index in [0.29, 0.717) is 0 Å². The van der Waals surface area contributed by atoms with Gasteiger partial charge in [-0.2, -0.15) is 0 Å². The topological polar surface area (TPSA) is 25.8 Å². The highest BCUT2D eigenvalue weighted by molar-refractivity contribution is 14.1. The number of thiol groups is 1. The van der Waals surface area contributed by atoms with Crippen LogP contribution in [0.4, 0.5) is 0 Å². The van der Waals surface area contributed by atoms with Crippen LogP contribution in [0, 0.1) is 3.83 Å². The number of hydrogen-bond acceptors (Lipinski definition) is 3. The largest absolute Gasteiger partial charge is 0.239 e. The molecule has 9 heavy (non-hydrogen) atoms. The van der Waals surface area contributed by atoms with Gasteiger partial charge in [-0.3, -0.25) is 0 Å². The molecule has 5 heteroatoms. The standard InChI is InChI=1S/C4H4BIN2S/c5-2-1-3(9)8-4(6)7-2/h1H,5H2,(H,7,8,9). The van der Waals surface area contributed by atoms with Gasteiger partial charge in [-0.05, 0) is 6.07 Å². The van der Waals surface area contributed by atoms with E-state index in [1.807, 2.05) is 13.9 Å². The second-order valence-corrected chi connectivity index (χ2v) is 3.06. The van der Waals surface area contributed by atoms with E-state index < -0.39 is 0 Å². The third-order valence-electron chi connectivity index (χ3n) is 0.813. The van der Waals surface area contributed by atoms with Crippen molar-refractivity contribution in [3.8, 4) is 0 Å². The molecular weight excluding hydrogens is 246 g/mol. The second kappa shape index (κ2) is 2.87. The van der Waals surface area contributed by atoms with Crippen molar-refractivity contribution < 1.29 is 0 Å². The Kier molecular flexibility index (Phi) is 2.34. The summed E-state index contributed by atoms with van der Waals surface area (Å²) < 4.78 is 0.748. The SMILES string of the molecule is Bc1cc(S)nc(I)n1. The maximum absolute atomic E-state index is 4.07. The Labute approximate surface area is 73.4 Å². The van der Waals surface area contributed by atoms with Crippen molar-refractivity contribution in [1.82, 2.24) is 9.97 Å². The van der Waals surface area contributed by atoms with Crippen LogP contribution in [0.2, 0.25) is 0 Å². The summed E-state index contributed by atoms with van der Waals surface area (Å²) in [5.41, 5.74) is 0.958. The maximum atomic E-state index is 4.07. The smallest absolute Gasteiger partial charge is 0.191 e. The molecule has 1 rings (SSSR count). The van der Waals surface area contributed by atoms with E-state index in [9.17, 15) is 0 Å². The summed E-state index contributed by atoms with van der Waals surface area (Å²) in [6, 6.07) is 1.82. The monoisotopic (exact) mass is 250 g/mol. The fourth-order valence-corrected chi connectivity index (χ4v) is 1.63. The number of aromatic nitrogens is 2. The molecule has 0 aromatic carbocycles. The zero-order valence-electron chi connectivity index (χ0n) is 4.80. The summed E-state index contributed by atoms with van der Waals surface area (Å²) in [7, 11) is 1.92. The molecule has 2 nitrogen and oxygen atoms in total. The lowest BCUT2D eigenvalue weighted by Crippen LogP contribution is -2.10. The van der Waals surface area contributed by atoms with Gasteiger partial charge < -0.3 is 0 Å². The van der Waals surface area contributed by atoms with E-state index in [1.165, 1.54) is 0 Å². The number of nitrogens with zero attached hydrogens (tertiary/aromatic N) is 2. The van der Waals surface area contributed by atoms with Gasteiger partial charge in [0.05, 0.1) is 5.03 Å². The first-order chi connectivity index (χ1) is 4.18. The van der Waals surface area contributed by atoms with Gasteiger partial charge in [0.25, 0.3) is 0 Å². The predicted octanol–water partition coefficient (Wildman–Crippen LogP) is -0.372. The minimum absolute atomic E-state index is 0.729. The summed E-state index contributed by atoms with van der Waals surface area (Å²) in [5, 5.41) is 0.729. The minimum Gasteiger partial charge on any atom is -0.239 e. The summed E-state index contributed by atoms with van der Waals surface area (Å²) >= 11 is 6.13. The quantitative estimate of drug-likeness (QED) is 0.223. The molecule has 0 N–H and O–H groups in total. The number of hydrogen-bond donors (Lipinski definition) is 1. The van der Waals surface area contributed by atoms with E-state index in [1.54, 1.807) is 0 Å². The molecule has 0 atom stereocenters. The van der Waals surface area contributed by atoms with Crippen molar-refractivity contribution in [3.05, 3.63) is 9.90 Å². The van der Waals surface area contributed by atoms with Crippen LogP contribution in [0.1, 0.15) is 0 Å². The summed E-state index contributed by atoms with van der Waals surface area (Å²) in [6.45, 7) is 0. The zero-order valence-corrected chi connectivity index (χ0v) is 7.85. The first-order valence-electron chi connectivity index (χ1n) is 2.38. The molecule has 0 saturated carbocycles. The molecule has 0 saturated heterocycles. The van der Waals surface area contributed by atoms with Crippen molar-refractivity contribution in [2.24, 2.45) is 0 Å². The fraction of sp³-hybridized carbons (Fsp3) is 0. The molecule has 0 unspecified atom stereocenters. The predicted molar refractivity (Wildman–Crippen MR) is 50.2 cm³/mol. The highest BCUT2D eigenvalue weighted by Crippen LogP contribution is 1.99. The van der Waals surface area contributed by atoms with Crippen LogP contribution in [-0.2, 0) is 0 Å². The van der Waals surface area contributed by atoms with Crippen molar-refractivity contribution in [2.45, 2.75) is 5.03 Å². The Morgan fingerprint density at radius 2 is 2.22 bits per heavy atom. The van der Waals surface area contributed by atoms with Gasteiger partial charge in [0.2, 0.25) is 0 Å². The van der Waals surface area contributed by atoms with E-state index in [0.717, 1.165) is 14.5 Å². The van der Waals surface area contributed by atoms with Crippen LogP contribution in [0.3, 0.4) is 0 Å². The molecule has 1 aromatic heterocycles. The van der Waals surface area contributed by atoms with Gasteiger partial charge in [0, 0.05) is 28.2 Å². The molecule has 0 spiro atoms. The van der Waals surface area contributed by atoms with Crippen molar-refractivity contribution >= 4 is 48.7 Å². The van der Waals surface area contributed by atoms with Crippen LogP contribution in [0.25, 0.3) is 0 Å². The second-order valence-electron chi connectivity index (χ2n) is 1.64. The molecule has 0 aliphatic rings. The Bertz CT molecular complexity index is 179. The first-order valence-corrected chi connectivity index (χ1v) is 3.91. The molecule has 0 aliphatic carbocycles. The lowest BCUT2D eigenvalue weighted by atomic mass is 10.1. The Hall–Kier alpha value is 0.225. The molecular formula is C4H4BIN2S. The van der Waals surface area contributed by atoms with Crippen LogP contribution in [0.5, 0.6) is 0 Å². The van der Waals surface area contributed by atoms with Gasteiger partial charge in [0.1, 0.15) is 0 Å². The number of rotatable bonds is 0. The Balaban J connectivity index is 3.17. The highest BCUT2D eigenvalue weighted by atomic mass is 127. The van der Waals surface area contributed by atoms with Crippen molar-refractivity contribution in [3.63, 3.8) is 0 Å². The molecule has 0 amide bonds.